The molecule has 2 aliphatic heterocycles. The Morgan fingerprint density at radius 1 is 1.18 bits per heavy atom. The standard InChI is InChI=1S/C37H38F3N7O3/c1-3-26-29(39)6-5-22-13-25(48)14-27(30(22)26)32-31(40)33-28(17-41-32)34(42-16-21-11-23(12-21)35(49)47-10-7-20(2)45-47)44-36(43-33)50-19-37-8-4-9-46(37)18-24(38)15-37/h5-7,10,13-14,17,21,23-24,48H,3-4,8-9,11-12,15-16,18-19H2,1-2H3,(H,42,43,44)/t21?,23?,24-,37+/m1/s1. The van der Waals surface area contributed by atoms with E-state index in [0.717, 1.165) is 25.1 Å². The van der Waals surface area contributed by atoms with Gasteiger partial charge in [-0.3, -0.25) is 14.7 Å². The molecule has 8 rings (SSSR count). The second kappa shape index (κ2) is 12.5. The summed E-state index contributed by atoms with van der Waals surface area (Å²) in [6.45, 7) is 5.43. The molecule has 0 unspecified atom stereocenters. The molecule has 2 saturated heterocycles. The number of benzene rings is 2. The normalized spacial score (nSPS) is 23.3. The molecular weight excluding hydrogens is 647 g/mol. The van der Waals surface area contributed by atoms with E-state index in [4.69, 9.17) is 4.74 Å². The molecule has 3 aromatic heterocycles. The van der Waals surface area contributed by atoms with Crippen molar-refractivity contribution in [2.24, 2.45) is 11.8 Å². The number of aromatic nitrogens is 5. The lowest BCUT2D eigenvalue weighted by Gasteiger charge is -2.34. The van der Waals surface area contributed by atoms with Gasteiger partial charge in [0.25, 0.3) is 0 Å². The fourth-order valence-corrected chi connectivity index (χ4v) is 8.17. The molecule has 10 nitrogen and oxygen atoms in total. The van der Waals surface area contributed by atoms with Crippen LogP contribution in [0.1, 0.15) is 55.1 Å². The zero-order valence-electron chi connectivity index (χ0n) is 27.9. The van der Waals surface area contributed by atoms with Crippen molar-refractivity contribution >= 4 is 33.4 Å². The second-order valence-corrected chi connectivity index (χ2v) is 14.0. The summed E-state index contributed by atoms with van der Waals surface area (Å²) in [4.78, 5) is 28.6. The number of alkyl halides is 1. The summed E-state index contributed by atoms with van der Waals surface area (Å²) in [7, 11) is 0. The molecule has 1 saturated carbocycles. The Morgan fingerprint density at radius 3 is 2.80 bits per heavy atom. The van der Waals surface area contributed by atoms with Crippen LogP contribution in [0.15, 0.2) is 42.7 Å². The van der Waals surface area contributed by atoms with E-state index in [0.29, 0.717) is 66.3 Å². The third-order valence-electron chi connectivity index (χ3n) is 10.7. The van der Waals surface area contributed by atoms with Crippen LogP contribution in [0.3, 0.4) is 0 Å². The minimum absolute atomic E-state index is 0.0373. The third kappa shape index (κ3) is 5.61. The van der Waals surface area contributed by atoms with Gasteiger partial charge >= 0.3 is 6.01 Å². The molecule has 0 spiro atoms. The van der Waals surface area contributed by atoms with E-state index in [2.05, 4.69) is 30.3 Å². The van der Waals surface area contributed by atoms with Gasteiger partial charge in [-0.25, -0.2) is 17.9 Å². The van der Waals surface area contributed by atoms with Gasteiger partial charge in [0.15, 0.2) is 5.82 Å². The van der Waals surface area contributed by atoms with E-state index in [1.807, 2.05) is 13.8 Å². The summed E-state index contributed by atoms with van der Waals surface area (Å²) in [5.41, 5.74) is 0.788. The summed E-state index contributed by atoms with van der Waals surface area (Å²) in [6.07, 6.45) is 5.96. The first-order valence-corrected chi connectivity index (χ1v) is 17.3. The predicted molar refractivity (Wildman–Crippen MR) is 182 cm³/mol. The number of phenolic OH excluding ortho intramolecular Hbond substituents is 1. The molecule has 13 heteroatoms. The maximum absolute atomic E-state index is 16.8. The highest BCUT2D eigenvalue weighted by Gasteiger charge is 2.49. The van der Waals surface area contributed by atoms with E-state index in [9.17, 15) is 18.7 Å². The number of aromatic hydroxyl groups is 1. The van der Waals surface area contributed by atoms with Gasteiger partial charge < -0.3 is 15.2 Å². The molecule has 5 aromatic rings. The number of fused-ring (bicyclic) bond motifs is 3. The van der Waals surface area contributed by atoms with Crippen molar-refractivity contribution in [3.8, 4) is 23.0 Å². The van der Waals surface area contributed by atoms with Gasteiger partial charge in [-0.1, -0.05) is 13.0 Å². The molecular formula is C37H38F3N7O3. The van der Waals surface area contributed by atoms with Crippen LogP contribution in [0.2, 0.25) is 0 Å². The largest absolute Gasteiger partial charge is 0.508 e. The van der Waals surface area contributed by atoms with Gasteiger partial charge in [0.05, 0.1) is 16.6 Å². The smallest absolute Gasteiger partial charge is 0.319 e. The van der Waals surface area contributed by atoms with E-state index >= 15 is 4.39 Å². The van der Waals surface area contributed by atoms with Gasteiger partial charge in [0, 0.05) is 43.4 Å². The van der Waals surface area contributed by atoms with Gasteiger partial charge in [0.2, 0.25) is 5.91 Å². The molecule has 5 heterocycles. The molecule has 260 valence electrons. The number of phenols is 1. The van der Waals surface area contributed by atoms with Crippen molar-refractivity contribution in [3.05, 3.63) is 65.6 Å². The Hall–Kier alpha value is -4.78. The zero-order chi connectivity index (χ0) is 34.7. The molecule has 2 atom stereocenters. The van der Waals surface area contributed by atoms with E-state index < -0.39 is 23.3 Å². The van der Waals surface area contributed by atoms with Crippen molar-refractivity contribution in [2.45, 2.75) is 64.1 Å². The first kappa shape index (κ1) is 32.4. The summed E-state index contributed by atoms with van der Waals surface area (Å²) >= 11 is 0. The zero-order valence-corrected chi connectivity index (χ0v) is 27.9. The van der Waals surface area contributed by atoms with Crippen LogP contribution in [0.25, 0.3) is 32.9 Å². The lowest BCUT2D eigenvalue weighted by molar-refractivity contribution is 0.0676. The highest BCUT2D eigenvalue weighted by molar-refractivity contribution is 6.01. The van der Waals surface area contributed by atoms with Crippen molar-refractivity contribution in [3.63, 3.8) is 0 Å². The summed E-state index contributed by atoms with van der Waals surface area (Å²) in [5.74, 6) is -1.01. The summed E-state index contributed by atoms with van der Waals surface area (Å²) < 4.78 is 53.8. The number of halogens is 3. The molecule has 50 heavy (non-hydrogen) atoms. The number of carbonyl (C=O) groups is 1. The van der Waals surface area contributed by atoms with Crippen molar-refractivity contribution in [1.29, 1.82) is 0 Å². The maximum atomic E-state index is 16.8. The van der Waals surface area contributed by atoms with Gasteiger partial charge in [-0.15, -0.1) is 0 Å². The average Bonchev–Trinajstić information content (AvgIpc) is 3.76. The number of ether oxygens (including phenoxy) is 1. The van der Waals surface area contributed by atoms with Crippen LogP contribution in [-0.4, -0.2) is 78.6 Å². The van der Waals surface area contributed by atoms with E-state index in [-0.39, 0.29) is 52.9 Å². The third-order valence-corrected chi connectivity index (χ3v) is 10.7. The van der Waals surface area contributed by atoms with Gasteiger partial charge in [-0.05, 0) is 92.1 Å². The average molecular weight is 686 g/mol. The number of nitrogens with one attached hydrogen (secondary N) is 1. The molecule has 1 aliphatic carbocycles. The van der Waals surface area contributed by atoms with Crippen LogP contribution in [0.5, 0.6) is 11.8 Å². The highest BCUT2D eigenvalue weighted by atomic mass is 19.1. The topological polar surface area (TPSA) is 118 Å². The fourth-order valence-electron chi connectivity index (χ4n) is 8.17. The number of pyridine rings is 1. The summed E-state index contributed by atoms with van der Waals surface area (Å²) in [6, 6.07) is 7.52. The second-order valence-electron chi connectivity index (χ2n) is 14.0. The molecule has 3 fully saturated rings. The highest BCUT2D eigenvalue weighted by Crippen LogP contribution is 2.42. The van der Waals surface area contributed by atoms with Gasteiger partial charge in [-0.2, -0.15) is 15.1 Å². The number of anilines is 1. The first-order valence-electron chi connectivity index (χ1n) is 17.3. The van der Waals surface area contributed by atoms with Crippen LogP contribution in [-0.2, 0) is 6.42 Å². The van der Waals surface area contributed by atoms with Crippen molar-refractivity contribution in [1.82, 2.24) is 29.6 Å². The Morgan fingerprint density at radius 2 is 2.02 bits per heavy atom. The lowest BCUT2D eigenvalue weighted by Crippen LogP contribution is -2.43. The number of hydrogen-bond acceptors (Lipinski definition) is 9. The Balaban J connectivity index is 1.14. The SMILES string of the molecule is CCc1c(F)ccc2cc(O)cc(-c3ncc4c(NCC5CC(C(=O)n6ccc(C)n6)C5)nc(OC[C@@]56CCCN5C[C@H](F)C6)nc4c3F)c12. The fraction of sp³-hybridized carbons (Fsp3) is 0.432. The molecule has 0 radical (unpaired) electrons. The number of hydrogen-bond donors (Lipinski definition) is 2. The molecule has 2 aromatic carbocycles. The quantitative estimate of drug-likeness (QED) is 0.176. The maximum Gasteiger partial charge on any atom is 0.319 e. The Labute approximate surface area is 286 Å². The summed E-state index contributed by atoms with van der Waals surface area (Å²) in [5, 5.41) is 19.5. The monoisotopic (exact) mass is 685 g/mol. The number of nitrogens with zero attached hydrogens (tertiary/aromatic N) is 6. The van der Waals surface area contributed by atoms with E-state index in [1.165, 1.54) is 29.1 Å². The van der Waals surface area contributed by atoms with Crippen LogP contribution in [0, 0.1) is 30.4 Å². The van der Waals surface area contributed by atoms with Crippen LogP contribution < -0.4 is 10.1 Å². The van der Waals surface area contributed by atoms with Crippen LogP contribution in [0.4, 0.5) is 19.0 Å². The molecule has 3 aliphatic rings. The minimum Gasteiger partial charge on any atom is -0.508 e. The number of carbonyl (C=O) groups excluding carboxylic acids is 1. The number of aryl methyl sites for hydroxylation is 2. The van der Waals surface area contributed by atoms with E-state index in [1.54, 1.807) is 18.3 Å². The first-order chi connectivity index (χ1) is 24.1. The van der Waals surface area contributed by atoms with Crippen molar-refractivity contribution < 1.29 is 27.8 Å². The molecule has 0 amide bonds. The number of rotatable bonds is 9. The Kier molecular flexibility index (Phi) is 8.12. The molecule has 0 bridgehead atoms. The Bertz CT molecular complexity index is 2140. The predicted octanol–water partition coefficient (Wildman–Crippen LogP) is 6.63. The minimum atomic E-state index is -0.940. The lowest BCUT2D eigenvalue weighted by atomic mass is 9.74. The van der Waals surface area contributed by atoms with Gasteiger partial charge in [0.1, 0.15) is 41.4 Å². The van der Waals surface area contributed by atoms with Crippen LogP contribution >= 0.6 is 0 Å². The molecule has 2 N–H and O–H groups in total. The van der Waals surface area contributed by atoms with Crippen molar-refractivity contribution in [2.75, 3.05) is 31.6 Å².